The van der Waals surface area contributed by atoms with Crippen molar-refractivity contribution >= 4 is 52.9 Å². The SMILES string of the molecule is CCC(Sc1cccc(NC(=O)/C(=C\c2ccc(O)cc2OC)NC(=O)c2ccccc2)c1)C(=O)Nc1ccccc1C(=O)OC. The topological polar surface area (TPSA) is 143 Å². The summed E-state index contributed by atoms with van der Waals surface area (Å²) in [5, 5.41) is 17.7. The number of amides is 3. The predicted octanol–water partition coefficient (Wildman–Crippen LogP) is 6.11. The van der Waals surface area contributed by atoms with Crippen LogP contribution in [0.4, 0.5) is 11.4 Å². The number of thioether (sulfide) groups is 1. The van der Waals surface area contributed by atoms with Crippen LogP contribution in [0.3, 0.4) is 0 Å². The lowest BCUT2D eigenvalue weighted by Gasteiger charge is -2.17. The van der Waals surface area contributed by atoms with Crippen LogP contribution >= 0.6 is 11.8 Å². The fourth-order valence-electron chi connectivity index (χ4n) is 4.34. The van der Waals surface area contributed by atoms with Crippen molar-refractivity contribution in [2.45, 2.75) is 23.5 Å². The second-order valence-electron chi connectivity index (χ2n) is 9.83. The molecule has 0 heterocycles. The Balaban J connectivity index is 1.54. The molecule has 0 fully saturated rings. The molecule has 0 aliphatic carbocycles. The summed E-state index contributed by atoms with van der Waals surface area (Å²) in [5.74, 6) is -1.67. The molecule has 0 bridgehead atoms. The highest BCUT2D eigenvalue weighted by molar-refractivity contribution is 8.00. The summed E-state index contributed by atoms with van der Waals surface area (Å²) in [6.07, 6.45) is 1.94. The van der Waals surface area contributed by atoms with Gasteiger partial charge in [0.2, 0.25) is 5.91 Å². The monoisotopic (exact) mass is 639 g/mol. The number of hydrogen-bond acceptors (Lipinski definition) is 8. The van der Waals surface area contributed by atoms with Crippen molar-refractivity contribution in [3.05, 3.63) is 119 Å². The van der Waals surface area contributed by atoms with Crippen molar-refractivity contribution in [2.24, 2.45) is 0 Å². The van der Waals surface area contributed by atoms with Gasteiger partial charge in [-0.05, 0) is 67.1 Å². The highest BCUT2D eigenvalue weighted by Crippen LogP contribution is 2.30. The van der Waals surface area contributed by atoms with E-state index in [1.165, 1.54) is 44.2 Å². The van der Waals surface area contributed by atoms with Crippen LogP contribution in [0.15, 0.2) is 108 Å². The quantitative estimate of drug-likeness (QED) is 0.0827. The Morgan fingerprint density at radius 2 is 1.61 bits per heavy atom. The van der Waals surface area contributed by atoms with E-state index in [0.29, 0.717) is 39.6 Å². The van der Waals surface area contributed by atoms with Crippen molar-refractivity contribution in [3.63, 3.8) is 0 Å². The van der Waals surface area contributed by atoms with Gasteiger partial charge in [-0.15, -0.1) is 11.8 Å². The van der Waals surface area contributed by atoms with Crippen LogP contribution in [-0.4, -0.2) is 48.3 Å². The van der Waals surface area contributed by atoms with E-state index >= 15 is 0 Å². The van der Waals surface area contributed by atoms with Crippen LogP contribution in [0, 0.1) is 0 Å². The number of methoxy groups -OCH3 is 2. The molecule has 4 rings (SSSR count). The molecule has 4 N–H and O–H groups in total. The van der Waals surface area contributed by atoms with E-state index in [1.54, 1.807) is 78.9 Å². The predicted molar refractivity (Wildman–Crippen MR) is 178 cm³/mol. The van der Waals surface area contributed by atoms with Crippen LogP contribution < -0.4 is 20.7 Å². The lowest BCUT2D eigenvalue weighted by Crippen LogP contribution is -2.30. The molecule has 0 aromatic heterocycles. The summed E-state index contributed by atoms with van der Waals surface area (Å²) in [6, 6.07) is 26.4. The summed E-state index contributed by atoms with van der Waals surface area (Å²) < 4.78 is 10.2. The first-order valence-corrected chi connectivity index (χ1v) is 15.1. The van der Waals surface area contributed by atoms with Gasteiger partial charge in [0.25, 0.3) is 11.8 Å². The number of nitrogens with one attached hydrogen (secondary N) is 3. The maximum Gasteiger partial charge on any atom is 0.339 e. The number of hydrogen-bond donors (Lipinski definition) is 4. The molecule has 0 saturated heterocycles. The number of para-hydroxylation sites is 1. The van der Waals surface area contributed by atoms with Crippen molar-refractivity contribution in [2.75, 3.05) is 24.9 Å². The van der Waals surface area contributed by atoms with Gasteiger partial charge in [0.15, 0.2) is 0 Å². The molecule has 3 amide bonds. The van der Waals surface area contributed by atoms with E-state index in [9.17, 15) is 24.3 Å². The smallest absolute Gasteiger partial charge is 0.339 e. The Morgan fingerprint density at radius 1 is 0.870 bits per heavy atom. The zero-order chi connectivity index (χ0) is 33.1. The van der Waals surface area contributed by atoms with Gasteiger partial charge in [-0.2, -0.15) is 0 Å². The van der Waals surface area contributed by atoms with Gasteiger partial charge in [-0.1, -0.05) is 43.3 Å². The zero-order valence-corrected chi connectivity index (χ0v) is 26.2. The van der Waals surface area contributed by atoms with Gasteiger partial charge in [0, 0.05) is 27.8 Å². The fraction of sp³-hybridized carbons (Fsp3) is 0.143. The molecule has 10 nitrogen and oxygen atoms in total. The number of phenolic OH excluding ortho intramolecular Hbond substituents is 1. The van der Waals surface area contributed by atoms with E-state index in [4.69, 9.17) is 9.47 Å². The van der Waals surface area contributed by atoms with Crippen LogP contribution in [0.5, 0.6) is 11.5 Å². The number of ether oxygens (including phenoxy) is 2. The average molecular weight is 640 g/mol. The van der Waals surface area contributed by atoms with E-state index in [0.717, 1.165) is 0 Å². The molecule has 46 heavy (non-hydrogen) atoms. The second kappa shape index (κ2) is 16.0. The minimum Gasteiger partial charge on any atom is -0.508 e. The summed E-state index contributed by atoms with van der Waals surface area (Å²) in [5.41, 5.74) is 1.77. The maximum absolute atomic E-state index is 13.6. The van der Waals surface area contributed by atoms with Gasteiger partial charge < -0.3 is 30.5 Å². The number of anilines is 2. The number of benzene rings is 4. The van der Waals surface area contributed by atoms with E-state index in [2.05, 4.69) is 16.0 Å². The number of carbonyl (C=O) groups excluding carboxylic acids is 4. The first-order chi connectivity index (χ1) is 22.2. The number of phenols is 1. The Hall–Kier alpha value is -5.55. The third kappa shape index (κ3) is 8.76. The molecule has 11 heteroatoms. The number of carbonyl (C=O) groups is 4. The van der Waals surface area contributed by atoms with Crippen LogP contribution in [-0.2, 0) is 14.3 Å². The van der Waals surface area contributed by atoms with E-state index < -0.39 is 23.0 Å². The van der Waals surface area contributed by atoms with Crippen molar-refractivity contribution in [3.8, 4) is 11.5 Å². The van der Waals surface area contributed by atoms with Crippen LogP contribution in [0.1, 0.15) is 39.6 Å². The summed E-state index contributed by atoms with van der Waals surface area (Å²) in [4.78, 5) is 52.6. The first-order valence-electron chi connectivity index (χ1n) is 14.2. The highest BCUT2D eigenvalue weighted by atomic mass is 32.2. The summed E-state index contributed by atoms with van der Waals surface area (Å²) in [6.45, 7) is 1.87. The van der Waals surface area contributed by atoms with Gasteiger partial charge in [0.05, 0.1) is 30.7 Å². The van der Waals surface area contributed by atoms with Crippen LogP contribution in [0.25, 0.3) is 6.08 Å². The molecule has 0 spiro atoms. The standard InChI is InChI=1S/C35H33N3O7S/c1-4-31(34(42)37-28-16-9-8-15-27(28)35(43)45-3)46-26-14-10-13-24(20-26)36-33(41)29(38-32(40)22-11-6-5-7-12-22)19-23-17-18-25(39)21-30(23)44-2/h5-21,31,39H,4H2,1-3H3,(H,36,41)(H,37,42)(H,38,40)/b29-19+. The molecule has 0 saturated carbocycles. The summed E-state index contributed by atoms with van der Waals surface area (Å²) in [7, 11) is 2.71. The third-order valence-corrected chi connectivity index (χ3v) is 8.03. The van der Waals surface area contributed by atoms with Gasteiger partial charge in [-0.25, -0.2) is 4.79 Å². The highest BCUT2D eigenvalue weighted by Gasteiger charge is 2.22. The molecule has 4 aromatic rings. The molecular weight excluding hydrogens is 606 g/mol. The largest absolute Gasteiger partial charge is 0.508 e. The lowest BCUT2D eigenvalue weighted by molar-refractivity contribution is -0.116. The minimum absolute atomic E-state index is 0.0191. The Kier molecular flexibility index (Phi) is 11.6. The van der Waals surface area contributed by atoms with Gasteiger partial charge in [0.1, 0.15) is 17.2 Å². The van der Waals surface area contributed by atoms with Gasteiger partial charge in [-0.3, -0.25) is 14.4 Å². The molecule has 0 aliphatic heterocycles. The molecule has 1 unspecified atom stereocenters. The molecule has 1 atom stereocenters. The minimum atomic E-state index is -0.606. The molecule has 236 valence electrons. The second-order valence-corrected chi connectivity index (χ2v) is 11.1. The number of aromatic hydroxyl groups is 1. The molecule has 0 radical (unpaired) electrons. The van der Waals surface area contributed by atoms with Crippen molar-refractivity contribution < 1.29 is 33.8 Å². The number of esters is 1. The molecule has 0 aliphatic rings. The molecule has 4 aromatic carbocycles. The Bertz CT molecular complexity index is 1760. The third-order valence-electron chi connectivity index (χ3n) is 6.67. The average Bonchev–Trinajstić information content (AvgIpc) is 3.07. The Morgan fingerprint density at radius 3 is 2.33 bits per heavy atom. The van der Waals surface area contributed by atoms with E-state index in [1.807, 2.05) is 13.0 Å². The van der Waals surface area contributed by atoms with Crippen LogP contribution in [0.2, 0.25) is 0 Å². The maximum atomic E-state index is 13.6. The first kappa shape index (κ1) is 33.3. The van der Waals surface area contributed by atoms with E-state index in [-0.39, 0.29) is 22.9 Å². The fourth-order valence-corrected chi connectivity index (χ4v) is 5.36. The van der Waals surface area contributed by atoms with Crippen molar-refractivity contribution in [1.29, 1.82) is 0 Å². The Labute approximate surface area is 270 Å². The normalized spacial score (nSPS) is 11.6. The van der Waals surface area contributed by atoms with Crippen molar-refractivity contribution in [1.82, 2.24) is 5.32 Å². The number of rotatable bonds is 12. The summed E-state index contributed by atoms with van der Waals surface area (Å²) >= 11 is 1.30. The van der Waals surface area contributed by atoms with Gasteiger partial charge >= 0.3 is 5.97 Å². The molecular formula is C35H33N3O7S. The zero-order valence-electron chi connectivity index (χ0n) is 25.4. The lowest BCUT2D eigenvalue weighted by atomic mass is 10.1.